The normalized spacial score (nSPS) is 17.6. The van der Waals surface area contributed by atoms with Crippen molar-refractivity contribution in [3.8, 4) is 0 Å². The lowest BCUT2D eigenvalue weighted by molar-refractivity contribution is 0.122. The molecule has 1 aromatic carbocycles. The Morgan fingerprint density at radius 3 is 2.29 bits per heavy atom. The summed E-state index contributed by atoms with van der Waals surface area (Å²) >= 11 is 6.55. The molecule has 0 unspecified atom stereocenters. The molecule has 8 nitrogen and oxygen atoms in total. The first-order valence-electron chi connectivity index (χ1n) is 11.0. The van der Waals surface area contributed by atoms with E-state index in [-0.39, 0.29) is 0 Å². The van der Waals surface area contributed by atoms with Crippen LogP contribution in [0.15, 0.2) is 18.5 Å². The molecule has 0 spiro atoms. The number of aromatic nitrogens is 4. The van der Waals surface area contributed by atoms with Crippen LogP contribution < -0.4 is 14.7 Å². The first-order chi connectivity index (χ1) is 15.2. The van der Waals surface area contributed by atoms with Crippen molar-refractivity contribution in [2.45, 2.75) is 20.3 Å². The van der Waals surface area contributed by atoms with Gasteiger partial charge in [0, 0.05) is 61.4 Å². The number of anilines is 3. The topological polar surface area (TPSA) is 73.4 Å². The van der Waals surface area contributed by atoms with Gasteiger partial charge in [0.05, 0.1) is 18.6 Å². The highest BCUT2D eigenvalue weighted by atomic mass is 35.5. The number of morpholine rings is 1. The summed E-state index contributed by atoms with van der Waals surface area (Å²) in [6.45, 7) is 11.3. The molecule has 4 heterocycles. The van der Waals surface area contributed by atoms with E-state index in [4.69, 9.17) is 16.3 Å². The number of fused-ring (bicyclic) bond motifs is 1. The highest BCUT2D eigenvalue weighted by Gasteiger charge is 2.25. The molecule has 0 aliphatic carbocycles. The maximum absolute atomic E-state index is 6.55. The third-order valence-electron chi connectivity index (χ3n) is 6.35. The van der Waals surface area contributed by atoms with Crippen molar-refractivity contribution in [1.29, 1.82) is 0 Å². The molecular formula is C22H28ClN7O. The second-order valence-corrected chi connectivity index (χ2v) is 8.53. The number of hydrogen-bond acceptors (Lipinski definition) is 7. The largest absolute Gasteiger partial charge is 0.378 e. The van der Waals surface area contributed by atoms with Crippen LogP contribution in [-0.2, 0) is 11.2 Å². The zero-order valence-electron chi connectivity index (χ0n) is 18.1. The summed E-state index contributed by atoms with van der Waals surface area (Å²) in [6.07, 6.45) is 2.49. The molecule has 31 heavy (non-hydrogen) atoms. The fraction of sp³-hybridized carbons (Fsp3) is 0.500. The highest BCUT2D eigenvalue weighted by Crippen LogP contribution is 2.35. The van der Waals surface area contributed by atoms with Crippen molar-refractivity contribution in [1.82, 2.24) is 20.2 Å². The van der Waals surface area contributed by atoms with Crippen LogP contribution >= 0.6 is 11.6 Å². The molecule has 0 atom stereocenters. The minimum Gasteiger partial charge on any atom is -0.378 e. The van der Waals surface area contributed by atoms with Crippen molar-refractivity contribution in [2.75, 3.05) is 67.2 Å². The predicted octanol–water partition coefficient (Wildman–Crippen LogP) is 3.04. The zero-order valence-corrected chi connectivity index (χ0v) is 18.8. The number of nitrogens with zero attached hydrogens (tertiary/aromatic N) is 6. The number of nitrogens with one attached hydrogen (secondary N) is 1. The smallest absolute Gasteiger partial charge is 0.186 e. The van der Waals surface area contributed by atoms with Crippen LogP contribution in [0.3, 0.4) is 0 Å². The van der Waals surface area contributed by atoms with E-state index in [1.807, 2.05) is 0 Å². The second-order valence-electron chi connectivity index (χ2n) is 8.09. The van der Waals surface area contributed by atoms with E-state index in [2.05, 4.69) is 60.8 Å². The van der Waals surface area contributed by atoms with E-state index in [0.29, 0.717) is 0 Å². The van der Waals surface area contributed by atoms with E-state index in [0.717, 1.165) is 86.5 Å². The van der Waals surface area contributed by atoms with Crippen molar-refractivity contribution in [3.63, 3.8) is 0 Å². The summed E-state index contributed by atoms with van der Waals surface area (Å²) in [4.78, 5) is 16.1. The lowest BCUT2D eigenvalue weighted by Gasteiger charge is -2.39. The summed E-state index contributed by atoms with van der Waals surface area (Å²) in [7, 11) is 0. The molecular weight excluding hydrogens is 414 g/mol. The Bertz CT molecular complexity index is 1070. The summed E-state index contributed by atoms with van der Waals surface area (Å²) in [5.41, 5.74) is 5.56. The number of rotatable bonds is 4. The van der Waals surface area contributed by atoms with E-state index in [1.54, 1.807) is 6.33 Å². The van der Waals surface area contributed by atoms with Gasteiger partial charge in [-0.25, -0.2) is 9.97 Å². The zero-order chi connectivity index (χ0) is 21.4. The molecule has 2 saturated heterocycles. The van der Waals surface area contributed by atoms with Gasteiger partial charge in [-0.2, -0.15) is 5.10 Å². The first-order valence-corrected chi connectivity index (χ1v) is 11.3. The van der Waals surface area contributed by atoms with E-state index in [9.17, 15) is 0 Å². The highest BCUT2D eigenvalue weighted by molar-refractivity contribution is 6.31. The van der Waals surface area contributed by atoms with Gasteiger partial charge in [0.1, 0.15) is 12.1 Å². The Morgan fingerprint density at radius 2 is 1.61 bits per heavy atom. The fourth-order valence-electron chi connectivity index (χ4n) is 4.66. The number of piperazine rings is 1. The Hall–Kier alpha value is -2.58. The third-order valence-corrected chi connectivity index (χ3v) is 6.57. The van der Waals surface area contributed by atoms with Crippen LogP contribution in [0.1, 0.15) is 18.2 Å². The number of aromatic amines is 1. The lowest BCUT2D eigenvalue weighted by atomic mass is 10.1. The average molecular weight is 442 g/mol. The van der Waals surface area contributed by atoms with Crippen LogP contribution in [0.2, 0.25) is 5.02 Å². The molecule has 0 amide bonds. The Labute approximate surface area is 187 Å². The van der Waals surface area contributed by atoms with E-state index < -0.39 is 0 Å². The van der Waals surface area contributed by atoms with E-state index in [1.165, 1.54) is 16.9 Å². The minimum absolute atomic E-state index is 0.741. The Balaban J connectivity index is 1.38. The Morgan fingerprint density at radius 1 is 0.968 bits per heavy atom. The van der Waals surface area contributed by atoms with Gasteiger partial charge >= 0.3 is 0 Å². The van der Waals surface area contributed by atoms with Gasteiger partial charge in [-0.15, -0.1) is 0 Å². The van der Waals surface area contributed by atoms with Crippen LogP contribution in [0.4, 0.5) is 17.2 Å². The number of ether oxygens (including phenoxy) is 1. The number of hydrogen-bond donors (Lipinski definition) is 1. The van der Waals surface area contributed by atoms with E-state index >= 15 is 0 Å². The molecule has 2 aromatic heterocycles. The van der Waals surface area contributed by atoms with Crippen LogP contribution in [0, 0.1) is 6.92 Å². The maximum Gasteiger partial charge on any atom is 0.186 e. The first kappa shape index (κ1) is 20.3. The van der Waals surface area contributed by atoms with Gasteiger partial charge in [-0.3, -0.25) is 5.10 Å². The van der Waals surface area contributed by atoms with Crippen molar-refractivity contribution in [3.05, 3.63) is 34.7 Å². The maximum atomic E-state index is 6.55. The fourth-order valence-corrected chi connectivity index (χ4v) is 4.87. The lowest BCUT2D eigenvalue weighted by Crippen LogP contribution is -2.47. The van der Waals surface area contributed by atoms with Gasteiger partial charge in [0.25, 0.3) is 0 Å². The van der Waals surface area contributed by atoms with Gasteiger partial charge in [-0.1, -0.05) is 18.5 Å². The molecule has 0 saturated carbocycles. The number of halogens is 1. The molecule has 5 rings (SSSR count). The summed E-state index contributed by atoms with van der Waals surface area (Å²) in [6, 6.07) is 4.19. The quantitative estimate of drug-likeness (QED) is 0.667. The molecule has 3 aromatic rings. The molecule has 1 N–H and O–H groups in total. The van der Waals surface area contributed by atoms with Gasteiger partial charge in [0.15, 0.2) is 5.65 Å². The van der Waals surface area contributed by atoms with Crippen molar-refractivity contribution in [2.24, 2.45) is 0 Å². The van der Waals surface area contributed by atoms with Gasteiger partial charge in [-0.05, 0) is 31.0 Å². The van der Waals surface area contributed by atoms with Gasteiger partial charge in [0.2, 0.25) is 0 Å². The van der Waals surface area contributed by atoms with Crippen LogP contribution in [0.25, 0.3) is 11.0 Å². The summed E-state index contributed by atoms with van der Waals surface area (Å²) < 4.78 is 5.53. The monoisotopic (exact) mass is 441 g/mol. The molecule has 2 aliphatic heterocycles. The molecule has 0 bridgehead atoms. The third kappa shape index (κ3) is 3.78. The summed E-state index contributed by atoms with van der Waals surface area (Å²) in [5.74, 6) is 0.979. The molecule has 0 radical (unpaired) electrons. The minimum atomic E-state index is 0.741. The van der Waals surface area contributed by atoms with Crippen molar-refractivity contribution < 1.29 is 4.74 Å². The predicted molar refractivity (Wildman–Crippen MR) is 125 cm³/mol. The second kappa shape index (κ2) is 8.51. The molecule has 2 aliphatic rings. The average Bonchev–Trinajstić information content (AvgIpc) is 3.24. The number of benzene rings is 1. The molecule has 2 fully saturated rings. The SMILES string of the molecule is CCc1[nH]nc2ncnc(N3CCN(c4cc(Cl)cc(N5CCOCC5)c4C)CC3)c12. The number of aryl methyl sites for hydroxylation is 1. The summed E-state index contributed by atoms with van der Waals surface area (Å²) in [5, 5.41) is 9.29. The molecule has 9 heteroatoms. The van der Waals surface area contributed by atoms with Gasteiger partial charge < -0.3 is 19.4 Å². The Kier molecular flexibility index (Phi) is 5.58. The van der Waals surface area contributed by atoms with Crippen LogP contribution in [-0.4, -0.2) is 72.6 Å². The van der Waals surface area contributed by atoms with Crippen LogP contribution in [0.5, 0.6) is 0 Å². The van der Waals surface area contributed by atoms with Crippen molar-refractivity contribution >= 4 is 39.8 Å². The standard InChI is InChI=1S/C22H28ClN7O/c1-3-17-20-21(27-26-17)24-14-25-22(20)30-6-4-28(5-7-30)18-12-16(23)13-19(15(18)2)29-8-10-31-11-9-29/h12-14H,3-11H2,1-2H3,(H,24,25,26,27). The number of H-pyrrole nitrogens is 1. The molecule has 164 valence electrons.